The fourth-order valence-corrected chi connectivity index (χ4v) is 2.92. The van der Waals surface area contributed by atoms with Gasteiger partial charge < -0.3 is 10.4 Å². The van der Waals surface area contributed by atoms with Gasteiger partial charge in [0.05, 0.1) is 5.02 Å². The van der Waals surface area contributed by atoms with Gasteiger partial charge in [-0.25, -0.2) is 13.6 Å². The molecule has 1 aromatic carbocycles. The van der Waals surface area contributed by atoms with E-state index in [1.54, 1.807) is 0 Å². The number of benzene rings is 1. The van der Waals surface area contributed by atoms with E-state index in [1.807, 2.05) is 0 Å². The number of rotatable bonds is 2. The fraction of sp³-hybridized carbons (Fsp3) is 0.300. The highest BCUT2D eigenvalue weighted by atomic mass is 35.5. The molecule has 4 N–H and O–H groups in total. The smallest absolute Gasteiger partial charge is 0.239 e. The van der Waals surface area contributed by atoms with Crippen molar-refractivity contribution < 1.29 is 18.3 Å². The second-order valence-corrected chi connectivity index (χ2v) is 6.04. The fourth-order valence-electron chi connectivity index (χ4n) is 1.85. The van der Waals surface area contributed by atoms with Crippen LogP contribution in [-0.2, 0) is 20.5 Å². The van der Waals surface area contributed by atoms with Crippen molar-refractivity contribution in [2.45, 2.75) is 23.5 Å². The molecule has 98 valence electrons. The van der Waals surface area contributed by atoms with Gasteiger partial charge >= 0.3 is 0 Å². The van der Waals surface area contributed by atoms with Gasteiger partial charge in [-0.1, -0.05) is 17.7 Å². The van der Waals surface area contributed by atoms with Crippen molar-refractivity contribution in [3.05, 3.63) is 28.8 Å². The van der Waals surface area contributed by atoms with Crippen molar-refractivity contribution >= 4 is 27.5 Å². The van der Waals surface area contributed by atoms with Gasteiger partial charge in [0.15, 0.2) is 5.72 Å². The van der Waals surface area contributed by atoms with Crippen LogP contribution >= 0.6 is 11.6 Å². The molecule has 1 unspecified atom stereocenters. The van der Waals surface area contributed by atoms with Gasteiger partial charge in [-0.15, -0.1) is 0 Å². The lowest BCUT2D eigenvalue weighted by molar-refractivity contribution is -0.122. The summed E-state index contributed by atoms with van der Waals surface area (Å²) in [5.74, 6) is -0.301. The molecule has 0 aliphatic carbocycles. The van der Waals surface area contributed by atoms with Gasteiger partial charge in [-0.05, 0) is 12.1 Å². The second-order valence-electron chi connectivity index (χ2n) is 4.10. The molecule has 0 aromatic heterocycles. The van der Waals surface area contributed by atoms with Gasteiger partial charge in [0, 0.05) is 18.4 Å². The Balaban J connectivity index is 2.52. The molecule has 1 aromatic rings. The van der Waals surface area contributed by atoms with Crippen molar-refractivity contribution in [2.75, 3.05) is 0 Å². The van der Waals surface area contributed by atoms with Crippen LogP contribution < -0.4 is 10.5 Å². The minimum absolute atomic E-state index is 0.0332. The summed E-state index contributed by atoms with van der Waals surface area (Å²) in [6.07, 6.45) is 0.335. The molecule has 2 rings (SSSR count). The summed E-state index contributed by atoms with van der Waals surface area (Å²) in [5, 5.41) is 17.6. The summed E-state index contributed by atoms with van der Waals surface area (Å²) in [7, 11) is -3.98. The van der Waals surface area contributed by atoms with E-state index in [1.165, 1.54) is 18.2 Å². The number of hydrogen-bond donors (Lipinski definition) is 3. The SMILES string of the molecule is NS(=O)(=O)c1cc(C2(O)CCC(=O)N2)ccc1Cl. The molecule has 1 atom stereocenters. The molecule has 0 radical (unpaired) electrons. The van der Waals surface area contributed by atoms with Crippen LogP contribution in [0.3, 0.4) is 0 Å². The molecule has 8 heteroatoms. The van der Waals surface area contributed by atoms with E-state index >= 15 is 0 Å². The highest BCUT2D eigenvalue weighted by molar-refractivity contribution is 7.89. The Bertz CT molecular complexity index is 616. The molecule has 1 aliphatic rings. The van der Waals surface area contributed by atoms with E-state index in [0.717, 1.165) is 0 Å². The summed E-state index contributed by atoms with van der Waals surface area (Å²) >= 11 is 5.73. The van der Waals surface area contributed by atoms with Gasteiger partial charge in [0.2, 0.25) is 15.9 Å². The van der Waals surface area contributed by atoms with E-state index in [-0.39, 0.29) is 34.2 Å². The number of aliphatic hydroxyl groups is 1. The largest absolute Gasteiger partial charge is 0.367 e. The molecule has 1 aliphatic heterocycles. The van der Waals surface area contributed by atoms with Gasteiger partial charge in [0.25, 0.3) is 0 Å². The first kappa shape index (κ1) is 13.3. The summed E-state index contributed by atoms with van der Waals surface area (Å²) in [4.78, 5) is 10.9. The number of nitrogens with one attached hydrogen (secondary N) is 1. The zero-order valence-electron chi connectivity index (χ0n) is 9.18. The molecular weight excluding hydrogens is 280 g/mol. The van der Waals surface area contributed by atoms with Crippen molar-refractivity contribution in [1.29, 1.82) is 0 Å². The predicted octanol–water partition coefficient (Wildman–Crippen LogP) is 0.0425. The maximum atomic E-state index is 11.3. The Morgan fingerprint density at radius 1 is 1.44 bits per heavy atom. The lowest BCUT2D eigenvalue weighted by Crippen LogP contribution is -2.38. The first-order valence-corrected chi connectivity index (χ1v) is 7.01. The van der Waals surface area contributed by atoms with Crippen LogP contribution in [0, 0.1) is 0 Å². The third-order valence-corrected chi connectivity index (χ3v) is 4.17. The number of amides is 1. The maximum Gasteiger partial charge on any atom is 0.239 e. The molecular formula is C10H11ClN2O4S. The number of carbonyl (C=O) groups is 1. The summed E-state index contributed by atoms with van der Waals surface area (Å²) in [6.45, 7) is 0. The van der Waals surface area contributed by atoms with E-state index in [9.17, 15) is 18.3 Å². The molecule has 0 saturated carbocycles. The van der Waals surface area contributed by atoms with Gasteiger partial charge in [-0.3, -0.25) is 4.79 Å². The minimum atomic E-state index is -3.98. The van der Waals surface area contributed by atoms with Crippen LogP contribution in [0.1, 0.15) is 18.4 Å². The minimum Gasteiger partial charge on any atom is -0.367 e. The van der Waals surface area contributed by atoms with E-state index < -0.39 is 15.7 Å². The number of hydrogen-bond acceptors (Lipinski definition) is 4. The molecule has 1 amide bonds. The molecule has 0 bridgehead atoms. The van der Waals surface area contributed by atoms with Crippen LogP contribution in [0.5, 0.6) is 0 Å². The van der Waals surface area contributed by atoms with Crippen molar-refractivity contribution in [1.82, 2.24) is 5.32 Å². The Labute approximate surface area is 109 Å². The van der Waals surface area contributed by atoms with Crippen molar-refractivity contribution in [2.24, 2.45) is 5.14 Å². The van der Waals surface area contributed by atoms with Crippen molar-refractivity contribution in [3.8, 4) is 0 Å². The quantitative estimate of drug-likeness (QED) is 0.714. The molecule has 1 saturated heterocycles. The monoisotopic (exact) mass is 290 g/mol. The summed E-state index contributed by atoms with van der Waals surface area (Å²) in [5.41, 5.74) is -1.33. The summed E-state index contributed by atoms with van der Waals surface area (Å²) < 4.78 is 22.6. The Hall–Kier alpha value is -1.15. The third kappa shape index (κ3) is 2.35. The first-order valence-electron chi connectivity index (χ1n) is 5.09. The topological polar surface area (TPSA) is 109 Å². The standard InChI is InChI=1S/C10H11ClN2O4S/c11-7-2-1-6(5-8(7)18(12,16)17)10(15)4-3-9(14)13-10/h1-2,5,15H,3-4H2,(H,13,14)(H2,12,16,17). The van der Waals surface area contributed by atoms with Gasteiger partial charge in [0.1, 0.15) is 4.90 Å². The summed E-state index contributed by atoms with van der Waals surface area (Å²) in [6, 6.07) is 3.94. The Kier molecular flexibility index (Phi) is 3.10. The average Bonchev–Trinajstić information content (AvgIpc) is 2.58. The lowest BCUT2D eigenvalue weighted by atomic mass is 10.0. The highest BCUT2D eigenvalue weighted by Gasteiger charge is 2.37. The zero-order valence-corrected chi connectivity index (χ0v) is 10.8. The van der Waals surface area contributed by atoms with Crippen molar-refractivity contribution in [3.63, 3.8) is 0 Å². The van der Waals surface area contributed by atoms with E-state index in [4.69, 9.17) is 16.7 Å². The lowest BCUT2D eigenvalue weighted by Gasteiger charge is -2.23. The van der Waals surface area contributed by atoms with E-state index in [0.29, 0.717) is 0 Å². The number of primary sulfonamides is 1. The van der Waals surface area contributed by atoms with Crippen LogP contribution in [0.2, 0.25) is 5.02 Å². The molecule has 1 heterocycles. The molecule has 0 spiro atoms. The van der Waals surface area contributed by atoms with Gasteiger partial charge in [-0.2, -0.15) is 0 Å². The Morgan fingerprint density at radius 2 is 2.11 bits per heavy atom. The number of halogens is 1. The van der Waals surface area contributed by atoms with Crippen LogP contribution in [0.4, 0.5) is 0 Å². The average molecular weight is 291 g/mol. The predicted molar refractivity (Wildman–Crippen MR) is 64.1 cm³/mol. The zero-order chi connectivity index (χ0) is 13.6. The first-order chi connectivity index (χ1) is 8.22. The second kappa shape index (κ2) is 4.20. The third-order valence-electron chi connectivity index (χ3n) is 2.78. The Morgan fingerprint density at radius 3 is 2.61 bits per heavy atom. The van der Waals surface area contributed by atoms with Crippen LogP contribution in [0.25, 0.3) is 0 Å². The number of sulfonamides is 1. The molecule has 18 heavy (non-hydrogen) atoms. The normalized spacial score (nSPS) is 24.1. The molecule has 6 nitrogen and oxygen atoms in total. The maximum absolute atomic E-state index is 11.3. The highest BCUT2D eigenvalue weighted by Crippen LogP contribution is 2.32. The van der Waals surface area contributed by atoms with E-state index in [2.05, 4.69) is 5.32 Å². The van der Waals surface area contributed by atoms with Crippen LogP contribution in [-0.4, -0.2) is 19.4 Å². The number of nitrogens with two attached hydrogens (primary N) is 1. The molecule has 1 fully saturated rings. The van der Waals surface area contributed by atoms with Crippen LogP contribution in [0.15, 0.2) is 23.1 Å². The number of carbonyl (C=O) groups excluding carboxylic acids is 1.